The van der Waals surface area contributed by atoms with Crippen molar-refractivity contribution in [3.8, 4) is 0 Å². The van der Waals surface area contributed by atoms with Crippen LogP contribution in [0.5, 0.6) is 0 Å². The summed E-state index contributed by atoms with van der Waals surface area (Å²) in [6.45, 7) is 4.28. The van der Waals surface area contributed by atoms with Gasteiger partial charge in [0.1, 0.15) is 0 Å². The number of carboxylic acids is 1. The molecule has 0 aromatic carbocycles. The van der Waals surface area contributed by atoms with E-state index in [4.69, 9.17) is 9.84 Å². The standard InChI is InChI=1S/C14H22N2O3S/c1-9(2)12-7-15-14(20-8-13(17)18)16(12)10-4-5-11(6-10)19-3/h7,9-11H,4-6,8H2,1-3H3,(H,17,18). The number of thioether (sulfide) groups is 1. The highest BCUT2D eigenvalue weighted by atomic mass is 32.2. The molecule has 1 aromatic rings. The minimum Gasteiger partial charge on any atom is -0.481 e. The molecule has 1 aliphatic rings. The van der Waals surface area contributed by atoms with Crippen LogP contribution in [-0.4, -0.2) is 39.6 Å². The maximum absolute atomic E-state index is 10.8. The van der Waals surface area contributed by atoms with E-state index in [2.05, 4.69) is 23.4 Å². The Hall–Kier alpha value is -1.01. The third-order valence-electron chi connectivity index (χ3n) is 3.76. The first-order valence-electron chi connectivity index (χ1n) is 6.97. The molecule has 0 aliphatic heterocycles. The molecule has 0 saturated heterocycles. The quantitative estimate of drug-likeness (QED) is 0.818. The van der Waals surface area contributed by atoms with Crippen molar-refractivity contribution in [3.63, 3.8) is 0 Å². The van der Waals surface area contributed by atoms with E-state index >= 15 is 0 Å². The number of imidazole rings is 1. The molecule has 1 saturated carbocycles. The predicted octanol–water partition coefficient (Wildman–Crippen LogP) is 2.92. The van der Waals surface area contributed by atoms with E-state index in [1.54, 1.807) is 7.11 Å². The number of aliphatic carboxylic acids is 1. The van der Waals surface area contributed by atoms with Crippen LogP contribution in [0, 0.1) is 0 Å². The number of ether oxygens (including phenoxy) is 1. The van der Waals surface area contributed by atoms with Gasteiger partial charge < -0.3 is 14.4 Å². The van der Waals surface area contributed by atoms with Crippen LogP contribution in [0.15, 0.2) is 11.4 Å². The molecule has 1 fully saturated rings. The Morgan fingerprint density at radius 1 is 1.60 bits per heavy atom. The van der Waals surface area contributed by atoms with Gasteiger partial charge in [0.05, 0.1) is 11.9 Å². The normalized spacial score (nSPS) is 22.6. The molecule has 0 radical (unpaired) electrons. The van der Waals surface area contributed by atoms with E-state index in [1.807, 2.05) is 6.20 Å². The highest BCUT2D eigenvalue weighted by Gasteiger charge is 2.29. The number of nitrogens with zero attached hydrogens (tertiary/aromatic N) is 2. The van der Waals surface area contributed by atoms with Gasteiger partial charge in [0.2, 0.25) is 0 Å². The molecule has 1 heterocycles. The highest BCUT2D eigenvalue weighted by Crippen LogP contribution is 2.37. The fourth-order valence-electron chi connectivity index (χ4n) is 2.75. The summed E-state index contributed by atoms with van der Waals surface area (Å²) >= 11 is 1.30. The molecule has 20 heavy (non-hydrogen) atoms. The van der Waals surface area contributed by atoms with Crippen molar-refractivity contribution in [1.82, 2.24) is 9.55 Å². The van der Waals surface area contributed by atoms with Gasteiger partial charge in [-0.25, -0.2) is 4.98 Å². The molecule has 2 rings (SSSR count). The Balaban J connectivity index is 2.23. The lowest BCUT2D eigenvalue weighted by atomic mass is 10.1. The van der Waals surface area contributed by atoms with Crippen molar-refractivity contribution >= 4 is 17.7 Å². The van der Waals surface area contributed by atoms with Crippen LogP contribution in [0.3, 0.4) is 0 Å². The lowest BCUT2D eigenvalue weighted by Crippen LogP contribution is -2.14. The minimum atomic E-state index is -0.808. The summed E-state index contributed by atoms with van der Waals surface area (Å²) in [7, 11) is 1.75. The van der Waals surface area contributed by atoms with E-state index in [0.717, 1.165) is 24.4 Å². The summed E-state index contributed by atoms with van der Waals surface area (Å²) in [6.07, 6.45) is 5.29. The lowest BCUT2D eigenvalue weighted by Gasteiger charge is -2.20. The smallest absolute Gasteiger partial charge is 0.313 e. The van der Waals surface area contributed by atoms with Crippen molar-refractivity contribution in [2.75, 3.05) is 12.9 Å². The van der Waals surface area contributed by atoms with Crippen LogP contribution in [-0.2, 0) is 9.53 Å². The molecule has 2 atom stereocenters. The molecule has 1 N–H and O–H groups in total. The largest absolute Gasteiger partial charge is 0.481 e. The second kappa shape index (κ2) is 6.63. The molecular formula is C14H22N2O3S. The highest BCUT2D eigenvalue weighted by molar-refractivity contribution is 7.99. The van der Waals surface area contributed by atoms with Crippen molar-refractivity contribution in [3.05, 3.63) is 11.9 Å². The molecule has 1 aliphatic carbocycles. The Morgan fingerprint density at radius 2 is 2.35 bits per heavy atom. The summed E-state index contributed by atoms with van der Waals surface area (Å²) in [5.74, 6) is -0.380. The summed E-state index contributed by atoms with van der Waals surface area (Å²) < 4.78 is 7.68. The Bertz CT molecular complexity index is 473. The summed E-state index contributed by atoms with van der Waals surface area (Å²) in [4.78, 5) is 15.2. The van der Waals surface area contributed by atoms with Crippen molar-refractivity contribution < 1.29 is 14.6 Å². The van der Waals surface area contributed by atoms with Crippen molar-refractivity contribution in [2.24, 2.45) is 0 Å². The van der Waals surface area contributed by atoms with Crippen LogP contribution < -0.4 is 0 Å². The van der Waals surface area contributed by atoms with Gasteiger partial charge in [0.25, 0.3) is 0 Å². The SMILES string of the molecule is COC1CCC(n2c(C(C)C)cnc2SCC(=O)O)C1. The van der Waals surface area contributed by atoms with Crippen molar-refractivity contribution in [1.29, 1.82) is 0 Å². The van der Waals surface area contributed by atoms with Crippen molar-refractivity contribution in [2.45, 2.75) is 56.3 Å². The van der Waals surface area contributed by atoms with E-state index in [1.165, 1.54) is 17.5 Å². The van der Waals surface area contributed by atoms with Gasteiger partial charge in [-0.2, -0.15) is 0 Å². The van der Waals surface area contributed by atoms with Crippen LogP contribution >= 0.6 is 11.8 Å². The fourth-order valence-corrected chi connectivity index (χ4v) is 3.52. The summed E-state index contributed by atoms with van der Waals surface area (Å²) in [5.41, 5.74) is 1.18. The molecule has 1 aromatic heterocycles. The molecule has 0 bridgehead atoms. The van der Waals surface area contributed by atoms with Gasteiger partial charge in [-0.15, -0.1) is 0 Å². The van der Waals surface area contributed by atoms with Crippen LogP contribution in [0.1, 0.15) is 50.8 Å². The third-order valence-corrected chi connectivity index (χ3v) is 4.71. The maximum Gasteiger partial charge on any atom is 0.313 e. The average Bonchev–Trinajstić information content (AvgIpc) is 3.02. The Kier molecular flexibility index (Phi) is 5.10. The second-order valence-electron chi connectivity index (χ2n) is 5.50. The number of hydrogen-bond donors (Lipinski definition) is 1. The van der Waals surface area contributed by atoms with Gasteiger partial charge in [0, 0.05) is 25.0 Å². The van der Waals surface area contributed by atoms with Crippen LogP contribution in [0.4, 0.5) is 0 Å². The molecular weight excluding hydrogens is 276 g/mol. The number of methoxy groups -OCH3 is 1. The average molecular weight is 298 g/mol. The number of carbonyl (C=O) groups is 1. The van der Waals surface area contributed by atoms with E-state index < -0.39 is 5.97 Å². The van der Waals surface area contributed by atoms with Gasteiger partial charge in [-0.1, -0.05) is 25.6 Å². The van der Waals surface area contributed by atoms with Gasteiger partial charge in [-0.3, -0.25) is 4.79 Å². The first kappa shape index (κ1) is 15.4. The first-order chi connectivity index (χ1) is 9.52. The second-order valence-corrected chi connectivity index (χ2v) is 6.44. The van der Waals surface area contributed by atoms with Gasteiger partial charge in [0.15, 0.2) is 5.16 Å². The number of carboxylic acid groups (broad SMARTS) is 1. The fraction of sp³-hybridized carbons (Fsp3) is 0.714. The van der Waals surface area contributed by atoms with Crippen LogP contribution in [0.25, 0.3) is 0 Å². The summed E-state index contributed by atoms with van der Waals surface area (Å²) in [6, 6.07) is 0.371. The summed E-state index contributed by atoms with van der Waals surface area (Å²) in [5, 5.41) is 9.67. The minimum absolute atomic E-state index is 0.0506. The number of hydrogen-bond acceptors (Lipinski definition) is 4. The molecule has 112 valence electrons. The van der Waals surface area contributed by atoms with Gasteiger partial charge in [-0.05, 0) is 25.2 Å². The monoisotopic (exact) mass is 298 g/mol. The molecule has 2 unspecified atom stereocenters. The van der Waals surface area contributed by atoms with E-state index in [-0.39, 0.29) is 5.75 Å². The molecule has 0 amide bonds. The Morgan fingerprint density at radius 3 is 2.90 bits per heavy atom. The molecule has 6 heteroatoms. The lowest BCUT2D eigenvalue weighted by molar-refractivity contribution is -0.133. The maximum atomic E-state index is 10.8. The zero-order valence-electron chi connectivity index (χ0n) is 12.2. The predicted molar refractivity (Wildman–Crippen MR) is 78.4 cm³/mol. The zero-order chi connectivity index (χ0) is 14.7. The molecule has 5 nitrogen and oxygen atoms in total. The number of aromatic nitrogens is 2. The topological polar surface area (TPSA) is 64.4 Å². The zero-order valence-corrected chi connectivity index (χ0v) is 13.0. The first-order valence-corrected chi connectivity index (χ1v) is 7.96. The van der Waals surface area contributed by atoms with E-state index in [0.29, 0.717) is 18.1 Å². The third kappa shape index (κ3) is 3.35. The van der Waals surface area contributed by atoms with E-state index in [9.17, 15) is 4.79 Å². The van der Waals surface area contributed by atoms with Crippen LogP contribution in [0.2, 0.25) is 0 Å². The molecule has 0 spiro atoms. The number of rotatable bonds is 6. The Labute approximate surface area is 123 Å². The van der Waals surface area contributed by atoms with Gasteiger partial charge >= 0.3 is 5.97 Å².